The summed E-state index contributed by atoms with van der Waals surface area (Å²) < 4.78 is 0. The molecule has 1 aliphatic rings. The molecule has 0 bridgehead atoms. The molecule has 4 heteroatoms. The normalized spacial score (nSPS) is 18.3. The number of hydrogen-bond donors (Lipinski definition) is 2. The van der Waals surface area contributed by atoms with Crippen molar-refractivity contribution in [2.45, 2.75) is 38.6 Å². The van der Waals surface area contributed by atoms with Crippen molar-refractivity contribution in [2.75, 3.05) is 0 Å². The number of aromatic nitrogens is 1. The standard InChI is InChI=1S/C15H17ClN2O/c1-2-15(19)17-10-4-6-14-12(8-10)11-7-9(16)3-5-13(11)18-14/h3,5,7,10,18H,2,4,6,8H2,1H3,(H,17,19). The second-order valence-electron chi connectivity index (χ2n) is 5.13. The van der Waals surface area contributed by atoms with Crippen LogP contribution in [-0.4, -0.2) is 16.9 Å². The van der Waals surface area contributed by atoms with E-state index in [1.165, 1.54) is 16.6 Å². The van der Waals surface area contributed by atoms with Crippen LogP contribution in [0.5, 0.6) is 0 Å². The second-order valence-corrected chi connectivity index (χ2v) is 5.57. The molecule has 0 radical (unpaired) electrons. The third-order valence-corrected chi connectivity index (χ3v) is 4.07. The summed E-state index contributed by atoms with van der Waals surface area (Å²) >= 11 is 6.08. The number of carbonyl (C=O) groups excluding carboxylic acids is 1. The predicted octanol–water partition coefficient (Wildman–Crippen LogP) is 3.20. The van der Waals surface area contributed by atoms with E-state index in [1.54, 1.807) is 0 Å². The maximum absolute atomic E-state index is 11.5. The molecular formula is C15H17ClN2O. The van der Waals surface area contributed by atoms with Gasteiger partial charge in [-0.1, -0.05) is 18.5 Å². The number of fused-ring (bicyclic) bond motifs is 3. The molecule has 2 N–H and O–H groups in total. The fraction of sp³-hybridized carbons (Fsp3) is 0.400. The summed E-state index contributed by atoms with van der Waals surface area (Å²) in [5.41, 5.74) is 3.74. The van der Waals surface area contributed by atoms with Gasteiger partial charge < -0.3 is 10.3 Å². The van der Waals surface area contributed by atoms with Crippen LogP contribution in [0.15, 0.2) is 18.2 Å². The first kappa shape index (κ1) is 12.5. The van der Waals surface area contributed by atoms with Crippen LogP contribution in [0, 0.1) is 0 Å². The van der Waals surface area contributed by atoms with Crippen LogP contribution >= 0.6 is 11.6 Å². The van der Waals surface area contributed by atoms with Gasteiger partial charge in [0.15, 0.2) is 0 Å². The minimum absolute atomic E-state index is 0.131. The largest absolute Gasteiger partial charge is 0.358 e. The summed E-state index contributed by atoms with van der Waals surface area (Å²) in [4.78, 5) is 15.0. The highest BCUT2D eigenvalue weighted by atomic mass is 35.5. The maximum Gasteiger partial charge on any atom is 0.219 e. The quantitative estimate of drug-likeness (QED) is 0.869. The third-order valence-electron chi connectivity index (χ3n) is 3.84. The van der Waals surface area contributed by atoms with Crippen molar-refractivity contribution in [3.8, 4) is 0 Å². The number of hydrogen-bond acceptors (Lipinski definition) is 1. The minimum Gasteiger partial charge on any atom is -0.358 e. The molecule has 2 aromatic rings. The Bertz CT molecular complexity index is 632. The fourth-order valence-electron chi connectivity index (χ4n) is 2.84. The molecule has 0 spiro atoms. The number of benzene rings is 1. The molecule has 1 amide bonds. The number of aromatic amines is 1. The Hall–Kier alpha value is -1.48. The summed E-state index contributed by atoms with van der Waals surface area (Å²) in [7, 11) is 0. The van der Waals surface area contributed by atoms with E-state index in [9.17, 15) is 4.79 Å². The number of aryl methyl sites for hydroxylation is 1. The summed E-state index contributed by atoms with van der Waals surface area (Å²) in [5, 5.41) is 5.04. The van der Waals surface area contributed by atoms with E-state index in [0.717, 1.165) is 29.8 Å². The van der Waals surface area contributed by atoms with E-state index < -0.39 is 0 Å². The molecule has 0 saturated carbocycles. The minimum atomic E-state index is 0.131. The zero-order chi connectivity index (χ0) is 13.4. The predicted molar refractivity (Wildman–Crippen MR) is 77.6 cm³/mol. The van der Waals surface area contributed by atoms with Gasteiger partial charge in [0.2, 0.25) is 5.91 Å². The number of nitrogens with one attached hydrogen (secondary N) is 2. The number of amides is 1. The molecular weight excluding hydrogens is 260 g/mol. The summed E-state index contributed by atoms with van der Waals surface area (Å²) in [6.07, 6.45) is 3.42. The fourth-order valence-corrected chi connectivity index (χ4v) is 3.01. The van der Waals surface area contributed by atoms with Crippen molar-refractivity contribution in [3.05, 3.63) is 34.5 Å². The van der Waals surface area contributed by atoms with Gasteiger partial charge in [0, 0.05) is 34.1 Å². The van der Waals surface area contributed by atoms with Crippen LogP contribution < -0.4 is 5.32 Å². The first-order valence-electron chi connectivity index (χ1n) is 6.75. The molecule has 3 rings (SSSR count). The lowest BCUT2D eigenvalue weighted by atomic mass is 9.91. The van der Waals surface area contributed by atoms with Crippen LogP contribution in [-0.2, 0) is 17.6 Å². The summed E-state index contributed by atoms with van der Waals surface area (Å²) in [6, 6.07) is 6.19. The van der Waals surface area contributed by atoms with Gasteiger partial charge in [0.05, 0.1) is 0 Å². The monoisotopic (exact) mass is 276 g/mol. The lowest BCUT2D eigenvalue weighted by molar-refractivity contribution is -0.121. The Morgan fingerprint density at radius 1 is 1.53 bits per heavy atom. The van der Waals surface area contributed by atoms with Crippen LogP contribution in [0.1, 0.15) is 31.0 Å². The SMILES string of the molecule is CCC(=O)NC1CCc2[nH]c3ccc(Cl)cc3c2C1. The number of halogens is 1. The van der Waals surface area contributed by atoms with Gasteiger partial charge in [-0.2, -0.15) is 0 Å². The van der Waals surface area contributed by atoms with Crippen LogP contribution in [0.25, 0.3) is 10.9 Å². The van der Waals surface area contributed by atoms with Crippen LogP contribution in [0.3, 0.4) is 0 Å². The van der Waals surface area contributed by atoms with Gasteiger partial charge in [-0.15, -0.1) is 0 Å². The number of carbonyl (C=O) groups is 1. The molecule has 19 heavy (non-hydrogen) atoms. The lowest BCUT2D eigenvalue weighted by Crippen LogP contribution is -2.38. The summed E-state index contributed by atoms with van der Waals surface area (Å²) in [5.74, 6) is 0.131. The first-order valence-corrected chi connectivity index (χ1v) is 7.13. The van der Waals surface area contributed by atoms with Crippen molar-refractivity contribution >= 4 is 28.4 Å². The maximum atomic E-state index is 11.5. The molecule has 1 aromatic carbocycles. The zero-order valence-electron chi connectivity index (χ0n) is 10.9. The van der Waals surface area contributed by atoms with Gasteiger partial charge in [-0.05, 0) is 43.0 Å². The summed E-state index contributed by atoms with van der Waals surface area (Å²) in [6.45, 7) is 1.88. The van der Waals surface area contributed by atoms with Gasteiger partial charge in [-0.3, -0.25) is 4.79 Å². The lowest BCUT2D eigenvalue weighted by Gasteiger charge is -2.23. The van der Waals surface area contributed by atoms with Crippen LogP contribution in [0.2, 0.25) is 5.02 Å². The van der Waals surface area contributed by atoms with Crippen LogP contribution in [0.4, 0.5) is 0 Å². The van der Waals surface area contributed by atoms with Crippen molar-refractivity contribution < 1.29 is 4.79 Å². The first-order chi connectivity index (χ1) is 9.17. The molecule has 0 fully saturated rings. The Morgan fingerprint density at radius 2 is 2.37 bits per heavy atom. The molecule has 3 nitrogen and oxygen atoms in total. The smallest absolute Gasteiger partial charge is 0.219 e. The highest BCUT2D eigenvalue weighted by Gasteiger charge is 2.23. The van der Waals surface area contributed by atoms with E-state index >= 15 is 0 Å². The molecule has 1 aliphatic carbocycles. The topological polar surface area (TPSA) is 44.9 Å². The second kappa shape index (κ2) is 4.89. The Balaban J connectivity index is 1.92. The molecule has 1 atom stereocenters. The zero-order valence-corrected chi connectivity index (χ0v) is 11.7. The van der Waals surface area contributed by atoms with E-state index in [0.29, 0.717) is 6.42 Å². The van der Waals surface area contributed by atoms with Crippen molar-refractivity contribution in [1.82, 2.24) is 10.3 Å². The van der Waals surface area contributed by atoms with E-state index in [2.05, 4.69) is 10.3 Å². The Labute approximate surface area is 117 Å². The van der Waals surface area contributed by atoms with Gasteiger partial charge in [0.25, 0.3) is 0 Å². The molecule has 0 aliphatic heterocycles. The Morgan fingerprint density at radius 3 is 3.16 bits per heavy atom. The van der Waals surface area contributed by atoms with Crippen molar-refractivity contribution in [1.29, 1.82) is 0 Å². The van der Waals surface area contributed by atoms with E-state index in [4.69, 9.17) is 11.6 Å². The van der Waals surface area contributed by atoms with E-state index in [-0.39, 0.29) is 11.9 Å². The van der Waals surface area contributed by atoms with Gasteiger partial charge >= 0.3 is 0 Å². The number of H-pyrrole nitrogens is 1. The average Bonchev–Trinajstić information content (AvgIpc) is 2.76. The van der Waals surface area contributed by atoms with Gasteiger partial charge in [-0.25, -0.2) is 0 Å². The van der Waals surface area contributed by atoms with Crippen molar-refractivity contribution in [2.24, 2.45) is 0 Å². The molecule has 1 aromatic heterocycles. The Kier molecular flexibility index (Phi) is 3.23. The van der Waals surface area contributed by atoms with E-state index in [1.807, 2.05) is 25.1 Å². The average molecular weight is 277 g/mol. The molecule has 0 saturated heterocycles. The highest BCUT2D eigenvalue weighted by molar-refractivity contribution is 6.31. The molecule has 100 valence electrons. The van der Waals surface area contributed by atoms with Gasteiger partial charge in [0.1, 0.15) is 0 Å². The molecule has 1 heterocycles. The number of rotatable bonds is 2. The highest BCUT2D eigenvalue weighted by Crippen LogP contribution is 2.30. The molecule has 1 unspecified atom stereocenters. The third kappa shape index (κ3) is 2.35. The van der Waals surface area contributed by atoms with Crippen molar-refractivity contribution in [3.63, 3.8) is 0 Å².